The van der Waals surface area contributed by atoms with E-state index in [4.69, 9.17) is 21.1 Å². The summed E-state index contributed by atoms with van der Waals surface area (Å²) < 4.78 is 38.4. The number of alkyl halides is 2. The summed E-state index contributed by atoms with van der Waals surface area (Å²) in [5.74, 6) is -2.22. The van der Waals surface area contributed by atoms with Gasteiger partial charge in [-0.2, -0.15) is 0 Å². The maximum Gasteiger partial charge on any atom is 0.248 e. The predicted octanol–water partition coefficient (Wildman–Crippen LogP) is 5.01. The SMILES string of the molecule is CNC[C@@H](CC(=O)N1CCO[C@@H]([C@@](O)(CCCCOC)c2cccc(Cl)c2)C1)CC1CCC(F)(F)CC1. The largest absolute Gasteiger partial charge is 0.385 e. The van der Waals surface area contributed by atoms with Crippen LogP contribution < -0.4 is 5.32 Å². The van der Waals surface area contributed by atoms with Crippen LogP contribution in [0.25, 0.3) is 0 Å². The summed E-state index contributed by atoms with van der Waals surface area (Å²) in [7, 11) is 3.51. The standard InChI is InChI=1S/C28H43ClF2N2O4/c1-32-19-22(16-21-8-11-27(30,31)12-9-21)17-26(34)33-13-15-37-25(20-33)28(35,10-3-4-14-36-2)23-6-5-7-24(29)18-23/h5-7,18,21-22,25,32,35H,3-4,8-17,19-20H2,1-2H3/t22-,25-,28-/m1/s1. The molecule has 0 spiro atoms. The molecule has 2 fully saturated rings. The molecule has 1 amide bonds. The topological polar surface area (TPSA) is 71.0 Å². The van der Waals surface area contributed by atoms with E-state index in [-0.39, 0.29) is 37.1 Å². The molecule has 0 radical (unpaired) electrons. The number of ether oxygens (including phenoxy) is 2. The van der Waals surface area contributed by atoms with Crippen LogP contribution in [0.4, 0.5) is 8.78 Å². The highest BCUT2D eigenvalue weighted by Crippen LogP contribution is 2.39. The highest BCUT2D eigenvalue weighted by molar-refractivity contribution is 6.30. The summed E-state index contributed by atoms with van der Waals surface area (Å²) in [5, 5.41) is 15.6. The number of amides is 1. The van der Waals surface area contributed by atoms with Crippen molar-refractivity contribution in [2.75, 3.05) is 47.0 Å². The lowest BCUT2D eigenvalue weighted by atomic mass is 9.80. The van der Waals surface area contributed by atoms with Gasteiger partial charge in [0, 0.05) is 44.5 Å². The summed E-state index contributed by atoms with van der Waals surface area (Å²) in [5.41, 5.74) is -0.617. The van der Waals surface area contributed by atoms with Crippen molar-refractivity contribution in [3.8, 4) is 0 Å². The van der Waals surface area contributed by atoms with Crippen LogP contribution in [0.15, 0.2) is 24.3 Å². The highest BCUT2D eigenvalue weighted by atomic mass is 35.5. The number of carbonyl (C=O) groups is 1. The molecule has 0 aromatic heterocycles. The van der Waals surface area contributed by atoms with Crippen molar-refractivity contribution in [2.45, 2.75) is 75.4 Å². The van der Waals surface area contributed by atoms with Crippen molar-refractivity contribution in [1.82, 2.24) is 10.2 Å². The Hall–Kier alpha value is -1.32. The molecule has 1 saturated carbocycles. The molecule has 1 aromatic rings. The fourth-order valence-corrected chi connectivity index (χ4v) is 5.96. The quantitative estimate of drug-likeness (QED) is 0.341. The van der Waals surface area contributed by atoms with Gasteiger partial charge in [0.05, 0.1) is 13.2 Å². The van der Waals surface area contributed by atoms with Crippen LogP contribution >= 0.6 is 11.6 Å². The van der Waals surface area contributed by atoms with Gasteiger partial charge in [-0.1, -0.05) is 23.7 Å². The maximum atomic E-state index is 13.6. The number of nitrogens with zero attached hydrogens (tertiary/aromatic N) is 1. The number of unbranched alkanes of at least 4 members (excludes halogenated alkanes) is 1. The zero-order valence-electron chi connectivity index (χ0n) is 22.2. The molecule has 9 heteroatoms. The van der Waals surface area contributed by atoms with Crippen molar-refractivity contribution in [1.29, 1.82) is 0 Å². The highest BCUT2D eigenvalue weighted by Gasteiger charge is 2.43. The first kappa shape index (κ1) is 30.2. The summed E-state index contributed by atoms with van der Waals surface area (Å²) in [4.78, 5) is 15.2. The van der Waals surface area contributed by atoms with Crippen molar-refractivity contribution >= 4 is 17.5 Å². The van der Waals surface area contributed by atoms with Gasteiger partial charge in [0.1, 0.15) is 11.7 Å². The van der Waals surface area contributed by atoms with Crippen LogP contribution in [-0.4, -0.2) is 74.9 Å². The fourth-order valence-electron chi connectivity index (χ4n) is 5.77. The second kappa shape index (κ2) is 14.2. The van der Waals surface area contributed by atoms with E-state index < -0.39 is 17.6 Å². The van der Waals surface area contributed by atoms with Crippen LogP contribution in [0.3, 0.4) is 0 Å². The van der Waals surface area contributed by atoms with E-state index >= 15 is 0 Å². The van der Waals surface area contributed by atoms with Gasteiger partial charge in [-0.3, -0.25) is 4.79 Å². The monoisotopic (exact) mass is 544 g/mol. The fraction of sp³-hybridized carbons (Fsp3) is 0.750. The number of hydrogen-bond acceptors (Lipinski definition) is 5. The number of halogens is 3. The summed E-state index contributed by atoms with van der Waals surface area (Å²) in [6.07, 6.45) is 3.42. The molecule has 3 rings (SSSR count). The van der Waals surface area contributed by atoms with Gasteiger partial charge in [-0.15, -0.1) is 0 Å². The van der Waals surface area contributed by atoms with Gasteiger partial charge in [0.15, 0.2) is 0 Å². The average molecular weight is 545 g/mol. The molecule has 2 N–H and O–H groups in total. The minimum atomic E-state index is -2.54. The molecule has 37 heavy (non-hydrogen) atoms. The number of nitrogens with one attached hydrogen (secondary N) is 1. The molecule has 1 aromatic carbocycles. The van der Waals surface area contributed by atoms with Crippen molar-refractivity contribution in [3.05, 3.63) is 34.9 Å². The van der Waals surface area contributed by atoms with E-state index in [1.165, 1.54) is 0 Å². The van der Waals surface area contributed by atoms with Crippen LogP contribution in [0.1, 0.15) is 63.4 Å². The molecule has 1 heterocycles. The van der Waals surface area contributed by atoms with E-state index in [0.29, 0.717) is 62.6 Å². The number of aliphatic hydroxyl groups is 1. The molecular formula is C28H43ClF2N2O4. The number of methoxy groups -OCH3 is 1. The Morgan fingerprint density at radius 3 is 2.78 bits per heavy atom. The second-order valence-electron chi connectivity index (χ2n) is 10.7. The molecule has 0 unspecified atom stereocenters. The number of rotatable bonds is 13. The Bertz CT molecular complexity index is 851. The molecule has 1 aliphatic carbocycles. The molecular weight excluding hydrogens is 502 g/mol. The zero-order chi connectivity index (χ0) is 26.9. The minimum Gasteiger partial charge on any atom is -0.385 e. The van der Waals surface area contributed by atoms with E-state index in [2.05, 4.69) is 5.32 Å². The predicted molar refractivity (Wildman–Crippen MR) is 141 cm³/mol. The third-order valence-electron chi connectivity index (χ3n) is 7.89. The molecule has 2 aliphatic rings. The number of morpholine rings is 1. The van der Waals surface area contributed by atoms with E-state index in [9.17, 15) is 18.7 Å². The number of benzene rings is 1. The number of hydrogen-bond donors (Lipinski definition) is 2. The lowest BCUT2D eigenvalue weighted by Gasteiger charge is -2.43. The van der Waals surface area contributed by atoms with Crippen LogP contribution in [-0.2, 0) is 19.9 Å². The van der Waals surface area contributed by atoms with E-state index in [0.717, 1.165) is 19.3 Å². The molecule has 0 bridgehead atoms. The Balaban J connectivity index is 1.66. The van der Waals surface area contributed by atoms with Crippen molar-refractivity contribution in [3.63, 3.8) is 0 Å². The third-order valence-corrected chi connectivity index (χ3v) is 8.13. The zero-order valence-corrected chi connectivity index (χ0v) is 22.9. The lowest BCUT2D eigenvalue weighted by Crippen LogP contribution is -2.54. The lowest BCUT2D eigenvalue weighted by molar-refractivity contribution is -0.166. The van der Waals surface area contributed by atoms with Crippen LogP contribution in [0, 0.1) is 11.8 Å². The van der Waals surface area contributed by atoms with Gasteiger partial charge in [0.25, 0.3) is 0 Å². The third kappa shape index (κ3) is 8.85. The normalized spacial score (nSPS) is 23.0. The van der Waals surface area contributed by atoms with Crippen molar-refractivity contribution < 1.29 is 28.2 Å². The Morgan fingerprint density at radius 2 is 2.11 bits per heavy atom. The number of carbonyl (C=O) groups excluding carboxylic acids is 1. The first-order chi connectivity index (χ1) is 17.7. The van der Waals surface area contributed by atoms with Gasteiger partial charge in [-0.25, -0.2) is 8.78 Å². The molecule has 6 nitrogen and oxygen atoms in total. The maximum absolute atomic E-state index is 13.6. The molecule has 1 saturated heterocycles. The molecule has 3 atom stereocenters. The summed E-state index contributed by atoms with van der Waals surface area (Å²) in [6, 6.07) is 7.19. The van der Waals surface area contributed by atoms with E-state index in [1.54, 1.807) is 24.1 Å². The van der Waals surface area contributed by atoms with Gasteiger partial charge in [0.2, 0.25) is 11.8 Å². The second-order valence-corrected chi connectivity index (χ2v) is 11.2. The Labute approximate surface area is 225 Å². The van der Waals surface area contributed by atoms with E-state index in [1.807, 2.05) is 19.2 Å². The first-order valence-corrected chi connectivity index (χ1v) is 13.9. The van der Waals surface area contributed by atoms with Gasteiger partial charge in [-0.05, 0) is 81.6 Å². The van der Waals surface area contributed by atoms with Crippen LogP contribution in [0.2, 0.25) is 5.02 Å². The summed E-state index contributed by atoms with van der Waals surface area (Å²) >= 11 is 6.25. The van der Waals surface area contributed by atoms with Crippen molar-refractivity contribution in [2.24, 2.45) is 11.8 Å². The van der Waals surface area contributed by atoms with Gasteiger partial charge < -0.3 is 24.8 Å². The Morgan fingerprint density at radius 1 is 1.35 bits per heavy atom. The smallest absolute Gasteiger partial charge is 0.248 e. The molecule has 210 valence electrons. The first-order valence-electron chi connectivity index (χ1n) is 13.6. The van der Waals surface area contributed by atoms with Crippen LogP contribution in [0.5, 0.6) is 0 Å². The Kier molecular flexibility index (Phi) is 11.6. The summed E-state index contributed by atoms with van der Waals surface area (Å²) in [6.45, 7) is 2.36. The molecule has 1 aliphatic heterocycles. The van der Waals surface area contributed by atoms with Gasteiger partial charge >= 0.3 is 0 Å². The minimum absolute atomic E-state index is 0.0162. The average Bonchev–Trinajstić information content (AvgIpc) is 2.88.